The van der Waals surface area contributed by atoms with E-state index in [1.54, 1.807) is 0 Å². The highest BCUT2D eigenvalue weighted by atomic mass is 32.1. The number of aliphatic hydroxyl groups is 2. The molecule has 12 amide bonds. The minimum absolute atomic E-state index is 0.00375. The predicted molar refractivity (Wildman–Crippen MR) is 411 cm³/mol. The van der Waals surface area contributed by atoms with Crippen molar-refractivity contribution in [3.63, 3.8) is 0 Å². The van der Waals surface area contributed by atoms with Gasteiger partial charge in [-0.2, -0.15) is 25.3 Å². The van der Waals surface area contributed by atoms with Crippen molar-refractivity contribution in [2.24, 2.45) is 40.1 Å². The summed E-state index contributed by atoms with van der Waals surface area (Å²) < 4.78 is -1.38. The van der Waals surface area contributed by atoms with Gasteiger partial charge in [-0.05, 0) is 160 Å². The van der Waals surface area contributed by atoms with E-state index in [0.29, 0.717) is 17.5 Å². The first-order valence-electron chi connectivity index (χ1n) is 35.6. The number of rotatable bonds is 51. The summed E-state index contributed by atoms with van der Waals surface area (Å²) in [4.78, 5) is 180. The Kier molecular flexibility index (Phi) is 43.1. The second-order valence-corrected chi connectivity index (χ2v) is 28.1. The van der Waals surface area contributed by atoms with E-state index in [2.05, 4.69) is 99.7 Å². The highest BCUT2D eigenvalue weighted by molar-refractivity contribution is 7.81. The highest BCUT2D eigenvalue weighted by Crippen LogP contribution is 2.20. The van der Waals surface area contributed by atoms with Gasteiger partial charge < -0.3 is 140 Å². The lowest BCUT2D eigenvalue weighted by molar-refractivity contribution is -0.142. The molecule has 15 atom stereocenters. The number of nitrogens with one attached hydrogen (secondary N) is 16. The van der Waals surface area contributed by atoms with Crippen LogP contribution >= 0.6 is 25.3 Å². The van der Waals surface area contributed by atoms with Gasteiger partial charge in [0.05, 0.1) is 12.2 Å². The highest BCUT2D eigenvalue weighted by Gasteiger charge is 2.40. The zero-order valence-electron chi connectivity index (χ0n) is 62.2. The summed E-state index contributed by atoms with van der Waals surface area (Å²) >= 11 is 8.80. The van der Waals surface area contributed by atoms with E-state index >= 15 is 0 Å². The molecule has 0 fully saturated rings. The number of carboxylic acids is 1. The van der Waals surface area contributed by atoms with E-state index in [1.165, 1.54) is 76.2 Å². The molecule has 2 aromatic rings. The number of benzene rings is 2. The van der Waals surface area contributed by atoms with Gasteiger partial charge in [-0.1, -0.05) is 24.3 Å². The number of carboxylic acid groups (broad SMARTS) is 1. The molecule has 0 saturated heterocycles. The molecule has 0 saturated carbocycles. The Hall–Kier alpha value is -9.89. The van der Waals surface area contributed by atoms with Crippen molar-refractivity contribution in [1.29, 1.82) is 10.8 Å². The fraction of sp³-hybridized carbons (Fsp3) is 0.597. The van der Waals surface area contributed by atoms with E-state index in [1.807, 2.05) is 0 Å². The van der Waals surface area contributed by atoms with Crippen molar-refractivity contribution < 1.29 is 87.9 Å². The minimum Gasteiger partial charge on any atom is -0.508 e. The molecular formula is C67H113N23O18S2. The predicted octanol–water partition coefficient (Wildman–Crippen LogP) is -8.77. The molecular weight excluding hydrogens is 1480 g/mol. The molecule has 0 unspecified atom stereocenters. The van der Waals surface area contributed by atoms with Crippen LogP contribution < -0.4 is 115 Å². The molecule has 41 nitrogen and oxygen atoms in total. The van der Waals surface area contributed by atoms with Crippen molar-refractivity contribution in [2.45, 2.75) is 207 Å². The van der Waals surface area contributed by atoms with Crippen LogP contribution in [0.2, 0.25) is 0 Å². The van der Waals surface area contributed by atoms with Crippen LogP contribution in [0.4, 0.5) is 0 Å². The van der Waals surface area contributed by atoms with Gasteiger partial charge in [0.2, 0.25) is 70.9 Å². The quantitative estimate of drug-likeness (QED) is 0.0127. The fourth-order valence-electron chi connectivity index (χ4n) is 10.5. The maximum Gasteiger partial charge on any atom is 0.326 e. The van der Waals surface area contributed by atoms with E-state index in [4.69, 9.17) is 51.0 Å². The Bertz CT molecular complexity index is 3400. The Balaban J connectivity index is 2.38. The average Bonchev–Trinajstić information content (AvgIpc) is 0.825. The van der Waals surface area contributed by atoms with Gasteiger partial charge in [0, 0.05) is 36.4 Å². The average molecular weight is 1590 g/mol. The van der Waals surface area contributed by atoms with Crippen LogP contribution in [0, 0.1) is 10.8 Å². The Morgan fingerprint density at radius 3 is 1.12 bits per heavy atom. The number of aliphatic hydroxyl groups excluding tert-OH is 2. The molecule has 0 heterocycles. The third-order valence-corrected chi connectivity index (χ3v) is 17.4. The summed E-state index contributed by atoms with van der Waals surface area (Å²) in [7, 11) is 0. The Labute approximate surface area is 647 Å². The summed E-state index contributed by atoms with van der Waals surface area (Å²) in [6, 6.07) is -8.67. The molecule has 0 aliphatic rings. The van der Waals surface area contributed by atoms with Crippen LogP contribution in [0.5, 0.6) is 11.5 Å². The molecule has 110 heavy (non-hydrogen) atoms. The topological polar surface area (TPSA) is 721 Å². The standard InChI is InChI=1S/C67H113N23O18S2/c1-33(79-63(106)51(67(4,5)110)90-59(102)46(86-61(104)49(72)34(2)91)30-36-13-17-38(93)18-14-36)52(95)80-41(11-8-28-77-65(73)74)53(96)83-45(23-27-71)58(101)89-50(35(3)92)62(105)85-44(22-26-70)57(100)81-40(10-6-7-24-68)55(98)88-48(32-109)60(103)84-43(21-25-69)56(99)82-42(12-9-29-78-66(75)76)54(97)87-47(64(107)108)31-37-15-19-39(94)20-16-37/h13-20,33-35,40-51,91-94,109-110H,6-12,21-32,68-72H2,1-5H3,(H,79,106)(H,80,95)(H,81,100)(H,82,99)(H,83,96)(H,84,103)(H,85,105)(H,86,104)(H,87,97)(H,88,98)(H,89,101)(H,90,102)(H,107,108)(H4,73,74,77)(H4,75,76,78)/t33-,34+,35+,40-,41-,42-,43-,44+,45-,46-,47-,48-,49-,50-,51+/m0/s1. The second kappa shape index (κ2) is 49.3. The second-order valence-electron chi connectivity index (χ2n) is 26.6. The molecule has 0 radical (unpaired) electrons. The first-order chi connectivity index (χ1) is 51.7. The monoisotopic (exact) mass is 1590 g/mol. The molecule has 0 bridgehead atoms. The number of carbonyl (C=O) groups is 13. The van der Waals surface area contributed by atoms with Crippen LogP contribution in [-0.2, 0) is 75.2 Å². The molecule has 0 aromatic heterocycles. The zero-order valence-corrected chi connectivity index (χ0v) is 64.0. The summed E-state index contributed by atoms with van der Waals surface area (Å²) in [6.45, 7) is 6.05. The number of phenolic OH excluding ortho intramolecular Hbond substituents is 2. The first kappa shape index (κ1) is 96.2. The normalized spacial score (nSPS) is 15.3. The molecule has 2 aromatic carbocycles. The summed E-state index contributed by atoms with van der Waals surface area (Å²) in [5.41, 5.74) is 41.0. The fourth-order valence-corrected chi connectivity index (χ4v) is 10.9. The summed E-state index contributed by atoms with van der Waals surface area (Å²) in [5.74, 6) is -14.7. The number of unbranched alkanes of at least 4 members (excludes halogenated alkanes) is 1. The number of guanidine groups is 2. The van der Waals surface area contributed by atoms with Crippen LogP contribution in [0.3, 0.4) is 0 Å². The van der Waals surface area contributed by atoms with Crippen molar-refractivity contribution in [3.8, 4) is 11.5 Å². The van der Waals surface area contributed by atoms with Crippen molar-refractivity contribution in [2.75, 3.05) is 45.0 Å². The maximum atomic E-state index is 14.3. The number of aromatic hydroxyl groups is 2. The largest absolute Gasteiger partial charge is 0.508 e. The van der Waals surface area contributed by atoms with Crippen LogP contribution in [0.15, 0.2) is 48.5 Å². The molecule has 43 heteroatoms. The van der Waals surface area contributed by atoms with E-state index in [9.17, 15) is 87.9 Å². The van der Waals surface area contributed by atoms with Gasteiger partial charge in [-0.15, -0.1) is 0 Å². The third kappa shape index (κ3) is 35.2. The zero-order chi connectivity index (χ0) is 83.1. The van der Waals surface area contributed by atoms with Crippen LogP contribution in [0.25, 0.3) is 0 Å². The lowest BCUT2D eigenvalue weighted by atomic mass is 9.99. The molecule has 35 N–H and O–H groups in total. The summed E-state index contributed by atoms with van der Waals surface area (Å²) in [6.07, 6.45) is -4.01. The minimum atomic E-state index is -1.88. The molecule has 616 valence electrons. The first-order valence-corrected chi connectivity index (χ1v) is 36.6. The van der Waals surface area contributed by atoms with Gasteiger partial charge >= 0.3 is 5.97 Å². The lowest BCUT2D eigenvalue weighted by Gasteiger charge is -2.32. The van der Waals surface area contributed by atoms with Gasteiger partial charge in [-0.3, -0.25) is 68.4 Å². The van der Waals surface area contributed by atoms with Crippen molar-refractivity contribution >= 4 is 114 Å². The molecule has 0 aliphatic heterocycles. The number of amides is 12. The Morgan fingerprint density at radius 1 is 0.418 bits per heavy atom. The number of hydrogen-bond acceptors (Lipinski definition) is 26. The van der Waals surface area contributed by atoms with Crippen LogP contribution in [-0.4, -0.2) is 255 Å². The number of hydrogen-bond donors (Lipinski definition) is 30. The van der Waals surface area contributed by atoms with E-state index in [0.717, 1.165) is 6.92 Å². The van der Waals surface area contributed by atoms with E-state index < -0.39 is 184 Å². The van der Waals surface area contributed by atoms with Crippen molar-refractivity contribution in [3.05, 3.63) is 59.7 Å². The molecule has 0 aliphatic carbocycles. The van der Waals surface area contributed by atoms with Gasteiger partial charge in [0.1, 0.15) is 90.0 Å². The van der Waals surface area contributed by atoms with Crippen molar-refractivity contribution in [1.82, 2.24) is 74.4 Å². The molecule has 0 spiro atoms. The van der Waals surface area contributed by atoms with Gasteiger partial charge in [0.25, 0.3) is 0 Å². The third-order valence-electron chi connectivity index (χ3n) is 16.8. The number of carbonyl (C=O) groups excluding carboxylic acids is 12. The number of thiol groups is 2. The summed E-state index contributed by atoms with van der Waals surface area (Å²) in [5, 5.41) is 100. The smallest absolute Gasteiger partial charge is 0.326 e. The maximum absolute atomic E-state index is 14.3. The Morgan fingerprint density at radius 2 is 0.755 bits per heavy atom. The number of nitrogens with two attached hydrogens (primary N) is 7. The van der Waals surface area contributed by atoms with Crippen LogP contribution in [0.1, 0.15) is 110 Å². The SMILES string of the molecule is C[C@H](NC(=O)[C@@H](NC(=O)[C@H](Cc1ccc(O)cc1)NC(=O)[C@@H](N)[C@@H](C)O)C(C)(C)S)C(=O)N[C@@H](CCCNC(=N)N)C(=O)N[C@@H](CCN)C(=O)N[C@H](C(=O)N[C@H](CCN)C(=O)N[C@@H](CCCCN)C(=O)N[C@@H](CS)C(=O)N[C@@H](CCN)C(=O)N[C@@H](CCCNC(=N)N)C(=O)N[C@@H](Cc1ccc(O)cc1)C(=O)O)[C@@H](C)O. The van der Waals surface area contributed by atoms with Gasteiger partial charge in [-0.25, -0.2) is 4.79 Å². The van der Waals surface area contributed by atoms with Gasteiger partial charge in [0.15, 0.2) is 11.9 Å². The lowest BCUT2D eigenvalue weighted by Crippen LogP contribution is -2.63. The number of aliphatic carboxylic acids is 1. The molecule has 2 rings (SSSR count). The van der Waals surface area contributed by atoms with E-state index in [-0.39, 0.29) is 127 Å². The number of phenols is 2.